The number of aryl methyl sites for hydroxylation is 1. The number of nitrogens with one attached hydrogen (secondary N) is 2. The standard InChI is InChI=1S/C22H25N3O3/c26-20(8-7-16-4-3-13-23-14-16)25-17-9-11-22(12-10-17)15-24-21(27)18-5-1-2-6-19(18)28-22/h1-6,13-14,17H,7-12,15H2,(H,24,27)(H,25,26). The van der Waals surface area contributed by atoms with Gasteiger partial charge in [-0.3, -0.25) is 14.6 Å². The summed E-state index contributed by atoms with van der Waals surface area (Å²) in [4.78, 5) is 28.7. The van der Waals surface area contributed by atoms with Crippen LogP contribution in [0.5, 0.6) is 5.75 Å². The number of para-hydroxylation sites is 1. The summed E-state index contributed by atoms with van der Waals surface area (Å²) < 4.78 is 6.31. The number of nitrogens with zero attached hydrogens (tertiary/aromatic N) is 1. The molecule has 1 aliphatic heterocycles. The van der Waals surface area contributed by atoms with Gasteiger partial charge in [-0.2, -0.15) is 0 Å². The van der Waals surface area contributed by atoms with Crippen molar-refractivity contribution in [3.8, 4) is 5.75 Å². The molecule has 4 rings (SSSR count). The fourth-order valence-electron chi connectivity index (χ4n) is 4.02. The number of amides is 2. The molecule has 1 aromatic carbocycles. The molecule has 2 aliphatic rings. The summed E-state index contributed by atoms with van der Waals surface area (Å²) in [5.74, 6) is 0.639. The van der Waals surface area contributed by atoms with Crippen LogP contribution < -0.4 is 15.4 Å². The highest BCUT2D eigenvalue weighted by atomic mass is 16.5. The first-order valence-electron chi connectivity index (χ1n) is 9.88. The van der Waals surface area contributed by atoms with Gasteiger partial charge in [0.05, 0.1) is 12.1 Å². The Morgan fingerprint density at radius 1 is 1.21 bits per heavy atom. The minimum absolute atomic E-state index is 0.0743. The lowest BCUT2D eigenvalue weighted by molar-refractivity contribution is -0.122. The van der Waals surface area contributed by atoms with Crippen molar-refractivity contribution in [1.82, 2.24) is 15.6 Å². The van der Waals surface area contributed by atoms with Gasteiger partial charge < -0.3 is 15.4 Å². The average molecular weight is 379 g/mol. The average Bonchev–Trinajstić information content (AvgIpc) is 2.86. The lowest BCUT2D eigenvalue weighted by Crippen LogP contribution is -2.51. The van der Waals surface area contributed by atoms with Gasteiger partial charge in [0.1, 0.15) is 11.4 Å². The van der Waals surface area contributed by atoms with E-state index in [9.17, 15) is 9.59 Å². The van der Waals surface area contributed by atoms with Crippen LogP contribution in [0.15, 0.2) is 48.8 Å². The minimum atomic E-state index is -0.390. The molecule has 0 atom stereocenters. The number of benzene rings is 1. The lowest BCUT2D eigenvalue weighted by atomic mass is 9.81. The van der Waals surface area contributed by atoms with Gasteiger partial charge in [-0.15, -0.1) is 0 Å². The summed E-state index contributed by atoms with van der Waals surface area (Å²) in [6, 6.07) is 11.4. The highest BCUT2D eigenvalue weighted by Gasteiger charge is 2.40. The van der Waals surface area contributed by atoms with Crippen LogP contribution in [0, 0.1) is 0 Å². The van der Waals surface area contributed by atoms with Crippen LogP contribution in [0.3, 0.4) is 0 Å². The van der Waals surface area contributed by atoms with E-state index in [2.05, 4.69) is 15.6 Å². The van der Waals surface area contributed by atoms with Gasteiger partial charge in [-0.25, -0.2) is 0 Å². The zero-order valence-corrected chi connectivity index (χ0v) is 15.8. The topological polar surface area (TPSA) is 80.3 Å². The number of fused-ring (bicyclic) bond motifs is 1. The molecule has 2 heterocycles. The molecule has 1 aliphatic carbocycles. The number of carbonyl (C=O) groups excluding carboxylic acids is 2. The Hall–Kier alpha value is -2.89. The van der Waals surface area contributed by atoms with Gasteiger partial charge in [0.2, 0.25) is 5.91 Å². The number of hydrogen-bond acceptors (Lipinski definition) is 4. The van der Waals surface area contributed by atoms with Gasteiger partial charge in [0.25, 0.3) is 5.91 Å². The molecule has 0 bridgehead atoms. The molecule has 1 fully saturated rings. The summed E-state index contributed by atoms with van der Waals surface area (Å²) in [5, 5.41) is 6.15. The number of hydrogen-bond donors (Lipinski definition) is 2. The molecule has 1 saturated carbocycles. The SMILES string of the molecule is O=C(CCc1cccnc1)NC1CCC2(CC1)CNC(=O)c1ccccc1O2. The van der Waals surface area contributed by atoms with Crippen LogP contribution >= 0.6 is 0 Å². The molecule has 2 amide bonds. The second-order valence-corrected chi connectivity index (χ2v) is 7.67. The maximum Gasteiger partial charge on any atom is 0.255 e. The second-order valence-electron chi connectivity index (χ2n) is 7.67. The number of rotatable bonds is 4. The molecule has 0 unspecified atom stereocenters. The molecular weight excluding hydrogens is 354 g/mol. The van der Waals surface area contributed by atoms with Crippen LogP contribution in [0.2, 0.25) is 0 Å². The number of carbonyl (C=O) groups is 2. The van der Waals surface area contributed by atoms with Gasteiger partial charge >= 0.3 is 0 Å². The van der Waals surface area contributed by atoms with Gasteiger partial charge in [0.15, 0.2) is 0 Å². The fraction of sp³-hybridized carbons (Fsp3) is 0.409. The van der Waals surface area contributed by atoms with Crippen molar-refractivity contribution >= 4 is 11.8 Å². The molecule has 6 nitrogen and oxygen atoms in total. The summed E-state index contributed by atoms with van der Waals surface area (Å²) in [6.07, 6.45) is 7.98. The molecule has 6 heteroatoms. The van der Waals surface area contributed by atoms with E-state index in [1.54, 1.807) is 18.5 Å². The summed E-state index contributed by atoms with van der Waals surface area (Å²) in [6.45, 7) is 0.502. The van der Waals surface area contributed by atoms with Gasteiger partial charge in [-0.1, -0.05) is 18.2 Å². The zero-order chi connectivity index (χ0) is 19.4. The fourth-order valence-corrected chi connectivity index (χ4v) is 4.02. The van der Waals surface area contributed by atoms with Crippen LogP contribution in [0.25, 0.3) is 0 Å². The Morgan fingerprint density at radius 2 is 2.04 bits per heavy atom. The quantitative estimate of drug-likeness (QED) is 0.856. The van der Waals surface area contributed by atoms with Crippen LogP contribution in [0.4, 0.5) is 0 Å². The smallest absolute Gasteiger partial charge is 0.255 e. The Bertz CT molecular complexity index is 845. The largest absolute Gasteiger partial charge is 0.485 e. The summed E-state index contributed by atoms with van der Waals surface area (Å²) in [5.41, 5.74) is 1.27. The third kappa shape index (κ3) is 4.16. The lowest BCUT2D eigenvalue weighted by Gasteiger charge is -2.39. The van der Waals surface area contributed by atoms with Crippen molar-refractivity contribution in [2.45, 2.75) is 50.2 Å². The Labute approximate surface area is 164 Å². The van der Waals surface area contributed by atoms with E-state index >= 15 is 0 Å². The van der Waals surface area contributed by atoms with Crippen molar-refractivity contribution < 1.29 is 14.3 Å². The van der Waals surface area contributed by atoms with E-state index in [4.69, 9.17) is 4.74 Å². The molecule has 0 saturated heterocycles. The maximum absolute atomic E-state index is 12.3. The van der Waals surface area contributed by atoms with E-state index < -0.39 is 0 Å². The normalized spacial score (nSPS) is 23.9. The zero-order valence-electron chi connectivity index (χ0n) is 15.8. The van der Waals surface area contributed by atoms with E-state index in [-0.39, 0.29) is 23.5 Å². The third-order valence-electron chi connectivity index (χ3n) is 5.65. The maximum atomic E-state index is 12.3. The summed E-state index contributed by atoms with van der Waals surface area (Å²) in [7, 11) is 0. The van der Waals surface area contributed by atoms with Crippen molar-refractivity contribution in [3.63, 3.8) is 0 Å². The van der Waals surface area contributed by atoms with E-state index in [0.717, 1.165) is 31.2 Å². The van der Waals surface area contributed by atoms with E-state index in [1.807, 2.05) is 30.3 Å². The second kappa shape index (κ2) is 8.00. The highest BCUT2D eigenvalue weighted by Crippen LogP contribution is 2.36. The first kappa shape index (κ1) is 18.5. The first-order chi connectivity index (χ1) is 13.6. The Balaban J connectivity index is 1.31. The van der Waals surface area contributed by atoms with Crippen molar-refractivity contribution in [2.24, 2.45) is 0 Å². The van der Waals surface area contributed by atoms with Gasteiger partial charge in [-0.05, 0) is 55.9 Å². The predicted octanol–water partition coefficient (Wildman–Crippen LogP) is 2.63. The first-order valence-corrected chi connectivity index (χ1v) is 9.88. The Kier molecular flexibility index (Phi) is 5.28. The predicted molar refractivity (Wildman–Crippen MR) is 105 cm³/mol. The van der Waals surface area contributed by atoms with E-state index in [0.29, 0.717) is 30.7 Å². The minimum Gasteiger partial charge on any atom is -0.485 e. The molecule has 1 aromatic heterocycles. The third-order valence-corrected chi connectivity index (χ3v) is 5.65. The van der Waals surface area contributed by atoms with Crippen molar-refractivity contribution in [1.29, 1.82) is 0 Å². The van der Waals surface area contributed by atoms with Crippen molar-refractivity contribution in [3.05, 3.63) is 59.9 Å². The van der Waals surface area contributed by atoms with Crippen LogP contribution in [0.1, 0.15) is 48.0 Å². The van der Waals surface area contributed by atoms with Crippen LogP contribution in [-0.2, 0) is 11.2 Å². The Morgan fingerprint density at radius 3 is 2.82 bits per heavy atom. The molecule has 1 spiro atoms. The molecule has 2 N–H and O–H groups in total. The monoisotopic (exact) mass is 379 g/mol. The molecule has 2 aromatic rings. The molecular formula is C22H25N3O3. The number of pyridine rings is 1. The highest BCUT2D eigenvalue weighted by molar-refractivity contribution is 5.97. The van der Waals surface area contributed by atoms with Crippen molar-refractivity contribution in [2.75, 3.05) is 6.54 Å². The van der Waals surface area contributed by atoms with E-state index in [1.165, 1.54) is 0 Å². The number of ether oxygens (including phenoxy) is 1. The van der Waals surface area contributed by atoms with Gasteiger partial charge in [0, 0.05) is 24.9 Å². The molecule has 0 radical (unpaired) electrons. The summed E-state index contributed by atoms with van der Waals surface area (Å²) >= 11 is 0. The van der Waals surface area contributed by atoms with Crippen LogP contribution in [-0.4, -0.2) is 35.0 Å². The number of aromatic nitrogens is 1. The molecule has 146 valence electrons. The molecule has 28 heavy (non-hydrogen) atoms.